The highest BCUT2D eigenvalue weighted by Crippen LogP contribution is 2.46. The number of hydrogen-bond donors (Lipinski definition) is 6. The molecule has 0 unspecified atom stereocenters. The lowest BCUT2D eigenvalue weighted by atomic mass is 9.81. The zero-order chi connectivity index (χ0) is 62.7. The molecular formula is C57H55FN8O21S. The van der Waals surface area contributed by atoms with Crippen molar-refractivity contribution in [3.63, 3.8) is 0 Å². The van der Waals surface area contributed by atoms with Crippen LogP contribution in [0.15, 0.2) is 77.7 Å². The summed E-state index contributed by atoms with van der Waals surface area (Å²) in [7, 11) is -3.77. The summed E-state index contributed by atoms with van der Waals surface area (Å²) in [4.78, 5) is 97.0. The number of ether oxygens (including phenoxy) is 5. The number of amides is 4. The summed E-state index contributed by atoms with van der Waals surface area (Å²) in [5.41, 5.74) is 1.23. The second-order valence-electron chi connectivity index (χ2n) is 21.3. The van der Waals surface area contributed by atoms with Crippen LogP contribution in [0.4, 0.5) is 9.18 Å². The van der Waals surface area contributed by atoms with E-state index in [1.807, 2.05) is 0 Å². The van der Waals surface area contributed by atoms with Crippen molar-refractivity contribution in [2.75, 3.05) is 26.8 Å². The molecule has 3 aromatic heterocycles. The predicted octanol–water partition coefficient (Wildman–Crippen LogP) is 1.22. The summed E-state index contributed by atoms with van der Waals surface area (Å²) < 4.78 is 83.5. The van der Waals surface area contributed by atoms with Gasteiger partial charge in [-0.05, 0) is 84.8 Å². The lowest BCUT2D eigenvalue weighted by Crippen LogP contribution is -2.61. The van der Waals surface area contributed by atoms with Crippen LogP contribution in [0.1, 0.15) is 80.8 Å². The van der Waals surface area contributed by atoms with Gasteiger partial charge in [0.05, 0.1) is 67.6 Å². The number of aryl methyl sites for hydroxylation is 1. The Morgan fingerprint density at radius 2 is 1.68 bits per heavy atom. The quantitative estimate of drug-likeness (QED) is 0.0355. The van der Waals surface area contributed by atoms with Gasteiger partial charge in [0.2, 0.25) is 6.29 Å². The van der Waals surface area contributed by atoms with Gasteiger partial charge in [0.25, 0.3) is 23.3 Å². The summed E-state index contributed by atoms with van der Waals surface area (Å²) in [6.07, 6.45) is -6.92. The third-order valence-electron chi connectivity index (χ3n) is 15.8. The molecule has 5 aliphatic rings. The Labute approximate surface area is 497 Å². The van der Waals surface area contributed by atoms with E-state index in [2.05, 4.69) is 15.6 Å². The number of carboxylic acid groups (broad SMARTS) is 1. The van der Waals surface area contributed by atoms with Crippen molar-refractivity contribution in [1.82, 2.24) is 39.7 Å². The maximum absolute atomic E-state index is 15.5. The van der Waals surface area contributed by atoms with Gasteiger partial charge in [-0.15, -0.1) is 13.5 Å². The average molecular weight is 1240 g/mol. The van der Waals surface area contributed by atoms with Gasteiger partial charge in [0.15, 0.2) is 23.2 Å². The van der Waals surface area contributed by atoms with Crippen molar-refractivity contribution in [2.45, 2.75) is 108 Å². The first kappa shape index (κ1) is 60.4. The molecule has 1 saturated heterocycles. The number of carbonyl (C=O) groups is 6. The minimum atomic E-state index is -5.19. The molecule has 462 valence electrons. The number of carboxylic acids is 1. The normalized spacial score (nSPS) is 21.8. The van der Waals surface area contributed by atoms with E-state index in [0.29, 0.717) is 63.1 Å². The van der Waals surface area contributed by atoms with Crippen LogP contribution in [0.2, 0.25) is 0 Å². The molecule has 6 N–H and O–H groups in total. The van der Waals surface area contributed by atoms with E-state index in [1.165, 1.54) is 69.9 Å². The van der Waals surface area contributed by atoms with E-state index >= 15 is 4.39 Å². The summed E-state index contributed by atoms with van der Waals surface area (Å²) >= 11 is 0. The monoisotopic (exact) mass is 1240 g/mol. The molecule has 0 spiro atoms. The number of pyridine rings is 2. The fraction of sp³-hybridized carbons (Fsp3) is 0.368. The number of aliphatic hydroxyl groups excluding tert-OH is 3. The number of esters is 1. The van der Waals surface area contributed by atoms with Gasteiger partial charge in [-0.3, -0.25) is 24.1 Å². The van der Waals surface area contributed by atoms with Gasteiger partial charge in [-0.2, -0.15) is 0 Å². The third-order valence-corrected chi connectivity index (χ3v) is 16.6. The highest BCUT2D eigenvalue weighted by molar-refractivity contribution is 7.82. The van der Waals surface area contributed by atoms with E-state index in [0.717, 1.165) is 29.2 Å². The Hall–Kier alpha value is -9.24. The second kappa shape index (κ2) is 23.8. The lowest BCUT2D eigenvalue weighted by Gasteiger charge is -2.38. The maximum atomic E-state index is 15.5. The first-order chi connectivity index (χ1) is 41.9. The molecule has 11 rings (SSSR count). The Morgan fingerprint density at radius 1 is 0.932 bits per heavy atom. The number of halogens is 1. The average Bonchev–Trinajstić information content (AvgIpc) is 1.51. The minimum Gasteiger partial charge on any atom is -0.479 e. The summed E-state index contributed by atoms with van der Waals surface area (Å²) in [5.74, 6) is -6.40. The van der Waals surface area contributed by atoms with Crippen molar-refractivity contribution >= 4 is 57.1 Å². The fourth-order valence-electron chi connectivity index (χ4n) is 11.0. The zero-order valence-corrected chi connectivity index (χ0v) is 47.7. The predicted molar refractivity (Wildman–Crippen MR) is 294 cm³/mol. The standard InChI is InChI=1S/C57H55FN8O21S/c1-4-57(78)35-20-39-46-33(24-65(39)52(73)34(35)26-82-55(57)76)45-37(11-10-32-27(2)36(58)21-38(59-46)44(32)45)60-56(77)83-25-28-5-8-31(9-6-28)86-88(79,80)87-41-19-29(7-12-40(41)84-54-49(71)47(69)48(70)50(85-54)53(74)75)51(72)63(3)15-17-81-18-16-64-22-30(61-62-64)23-66-42(67)13-14-43(66)68/h5-9,12-14,19-22,37,47-50,54,69-71,78H,4,10-11,15-18,23-26H2,1-3H3,(H,60,77)(H,74,75)/t37-,47-,48-,49+,50-,54+,57-/m0/s1. The fourth-order valence-corrected chi connectivity index (χ4v) is 11.8. The molecule has 1 fully saturated rings. The first-order valence-electron chi connectivity index (χ1n) is 27.4. The number of aromatic nitrogens is 5. The zero-order valence-electron chi connectivity index (χ0n) is 46.9. The number of likely N-dealkylation sites (N-methyl/N-ethyl adjacent to an activating group) is 1. The molecular weight excluding hydrogens is 1180 g/mol. The lowest BCUT2D eigenvalue weighted by molar-refractivity contribution is -0.271. The molecule has 88 heavy (non-hydrogen) atoms. The SMILES string of the molecule is CC[C@@]1(O)C(=O)OCc2c1cc1n(c2=O)Cc2c-1nc1cc(F)c(C)c3c1c2[C@@H](NC(=O)OCc1ccc(OS(=O)(=O)Oc2cc(C(=O)N(C)CCOCCn4cc(CN5C(=O)C=CC5=O)nn4)ccc2O[C@@H]2O[C@H](C(=O)O)[C@@H](O)[C@H](O)[C@H]2O)cc1)CC3. The third kappa shape index (κ3) is 11.5. The van der Waals surface area contributed by atoms with E-state index in [4.69, 9.17) is 37.0 Å². The van der Waals surface area contributed by atoms with Crippen molar-refractivity contribution in [2.24, 2.45) is 0 Å². The van der Waals surface area contributed by atoms with Gasteiger partial charge in [0, 0.05) is 53.9 Å². The van der Waals surface area contributed by atoms with Gasteiger partial charge in [-0.1, -0.05) is 24.3 Å². The Morgan fingerprint density at radius 3 is 2.41 bits per heavy atom. The van der Waals surface area contributed by atoms with Crippen molar-refractivity contribution in [3.05, 3.63) is 139 Å². The van der Waals surface area contributed by atoms with Crippen molar-refractivity contribution in [1.29, 1.82) is 0 Å². The number of imide groups is 1. The minimum absolute atomic E-state index is 0.000290. The number of benzene rings is 3. The van der Waals surface area contributed by atoms with Crippen LogP contribution in [0, 0.1) is 12.7 Å². The highest BCUT2D eigenvalue weighted by Gasteiger charge is 2.49. The van der Waals surface area contributed by atoms with Crippen LogP contribution in [0.25, 0.3) is 22.3 Å². The van der Waals surface area contributed by atoms with Crippen LogP contribution in [0.3, 0.4) is 0 Å². The Kier molecular flexibility index (Phi) is 16.3. The van der Waals surface area contributed by atoms with Crippen LogP contribution >= 0.6 is 0 Å². The van der Waals surface area contributed by atoms with Crippen LogP contribution in [0.5, 0.6) is 17.2 Å². The number of alkyl carbamates (subject to hydrolysis) is 1. The molecule has 7 atom stereocenters. The molecule has 4 aliphatic heterocycles. The molecule has 4 amide bonds. The van der Waals surface area contributed by atoms with E-state index in [9.17, 15) is 67.5 Å². The highest BCUT2D eigenvalue weighted by atomic mass is 32.3. The van der Waals surface area contributed by atoms with Crippen molar-refractivity contribution in [3.8, 4) is 28.6 Å². The van der Waals surface area contributed by atoms with E-state index in [1.54, 1.807) is 13.8 Å². The van der Waals surface area contributed by atoms with Crippen molar-refractivity contribution < 1.29 is 99.2 Å². The molecule has 0 radical (unpaired) electrons. The molecule has 29 nitrogen and oxygen atoms in total. The molecule has 3 aromatic carbocycles. The number of aliphatic hydroxyl groups is 4. The number of carbonyl (C=O) groups excluding carboxylic acids is 5. The van der Waals surface area contributed by atoms with E-state index in [-0.39, 0.29) is 87.0 Å². The molecule has 6 aromatic rings. The Bertz CT molecular complexity index is 4060. The molecule has 1 aliphatic carbocycles. The second-order valence-corrected chi connectivity index (χ2v) is 22.4. The van der Waals surface area contributed by atoms with Gasteiger partial charge < -0.3 is 72.4 Å². The molecule has 0 bridgehead atoms. The smallest absolute Gasteiger partial charge is 0.479 e. The number of nitrogens with one attached hydrogen (secondary N) is 1. The molecule has 31 heteroatoms. The molecule has 7 heterocycles. The number of aliphatic carboxylic acids is 1. The summed E-state index contributed by atoms with van der Waals surface area (Å²) in [5, 5.41) is 63.8. The molecule has 0 saturated carbocycles. The number of hydrogen-bond acceptors (Lipinski definition) is 23. The Balaban J connectivity index is 0.750. The number of rotatable bonds is 20. The van der Waals surface area contributed by atoms with E-state index < -0.39 is 111 Å². The largest absolute Gasteiger partial charge is 0.501 e. The van der Waals surface area contributed by atoms with Crippen LogP contribution < -0.4 is 24.0 Å². The summed E-state index contributed by atoms with van der Waals surface area (Å²) in [6, 6.07) is 10.4. The maximum Gasteiger partial charge on any atom is 0.501 e. The van der Waals surface area contributed by atoms with Crippen LogP contribution in [-0.4, -0.2) is 162 Å². The van der Waals surface area contributed by atoms with Crippen LogP contribution in [-0.2, 0) is 93.4 Å². The van der Waals surface area contributed by atoms with Gasteiger partial charge >= 0.3 is 28.4 Å². The van der Waals surface area contributed by atoms with Gasteiger partial charge in [0.1, 0.15) is 48.8 Å². The first-order valence-corrected chi connectivity index (χ1v) is 28.7. The van der Waals surface area contributed by atoms with Gasteiger partial charge in [-0.25, -0.2) is 28.4 Å². The topological polar surface area (TPSA) is 386 Å². The number of fused-ring (bicyclic) bond motifs is 5. The number of nitrogens with zero attached hydrogens (tertiary/aromatic N) is 7. The number of cyclic esters (lactones) is 1. The summed E-state index contributed by atoms with van der Waals surface area (Å²) in [6.45, 7) is 2.79.